The highest BCUT2D eigenvalue weighted by atomic mass is 32.1. The molecule has 13 heteroatoms. The lowest BCUT2D eigenvalue weighted by Crippen LogP contribution is -2.28. The minimum Gasteiger partial charge on any atom is -0.502 e. The highest BCUT2D eigenvalue weighted by Gasteiger charge is 2.16. The van der Waals surface area contributed by atoms with Gasteiger partial charge in [-0.05, 0) is 97.8 Å². The van der Waals surface area contributed by atoms with E-state index in [1.54, 1.807) is 35.8 Å². The van der Waals surface area contributed by atoms with Crippen LogP contribution in [0.1, 0.15) is 36.8 Å². The first-order chi connectivity index (χ1) is 21.1. The number of aromatic hydroxyl groups is 1. The van der Waals surface area contributed by atoms with Crippen LogP contribution in [0.5, 0.6) is 17.2 Å². The fourth-order valence-corrected chi connectivity index (χ4v) is 5.32. The van der Waals surface area contributed by atoms with Gasteiger partial charge in [-0.15, -0.1) is 0 Å². The number of aromatic nitrogens is 3. The number of anilines is 2. The number of ether oxygens (including phenoxy) is 2. The van der Waals surface area contributed by atoms with Crippen molar-refractivity contribution >= 4 is 47.7 Å². The Morgan fingerprint density at radius 1 is 0.977 bits per heavy atom. The van der Waals surface area contributed by atoms with Crippen LogP contribution in [0.25, 0.3) is 5.69 Å². The zero-order valence-electron chi connectivity index (χ0n) is 24.6. The third-order valence-corrected chi connectivity index (χ3v) is 7.81. The molecule has 0 bridgehead atoms. The Labute approximate surface area is 265 Å². The molecule has 4 aromatic rings. The predicted molar refractivity (Wildman–Crippen MR) is 174 cm³/mol. The summed E-state index contributed by atoms with van der Waals surface area (Å²) in [5.74, 6) is -1.07. The van der Waals surface area contributed by atoms with Crippen molar-refractivity contribution in [3.05, 3.63) is 81.3 Å². The van der Waals surface area contributed by atoms with Crippen LogP contribution in [0.4, 0.5) is 11.4 Å². The number of hydrogen-bond acceptors (Lipinski definition) is 8. The molecule has 4 rings (SSSR count). The number of aliphatic carboxylic acids is 1. The molecule has 0 saturated carbocycles. The minimum atomic E-state index is -0.888. The molecule has 0 spiro atoms. The molecule has 0 saturated heterocycles. The minimum absolute atomic E-state index is 0.0607. The number of rotatable bonds is 14. The largest absolute Gasteiger partial charge is 0.502 e. The summed E-state index contributed by atoms with van der Waals surface area (Å²) in [7, 11) is 2.96. The molecule has 1 amide bonds. The van der Waals surface area contributed by atoms with Crippen molar-refractivity contribution in [1.29, 1.82) is 0 Å². The molecule has 0 aliphatic carbocycles. The first kappa shape index (κ1) is 32.3. The lowest BCUT2D eigenvalue weighted by molar-refractivity contribution is -0.138. The van der Waals surface area contributed by atoms with Crippen LogP contribution in [-0.4, -0.2) is 64.2 Å². The van der Waals surface area contributed by atoms with Gasteiger partial charge in [0.05, 0.1) is 25.8 Å². The van der Waals surface area contributed by atoms with Gasteiger partial charge in [-0.3, -0.25) is 24.4 Å². The highest BCUT2D eigenvalue weighted by molar-refractivity contribution is 7.72. The Morgan fingerprint density at radius 3 is 2.20 bits per heavy atom. The van der Waals surface area contributed by atoms with Crippen molar-refractivity contribution in [3.63, 3.8) is 0 Å². The lowest BCUT2D eigenvalue weighted by Gasteiger charge is -2.26. The molecule has 1 atom stereocenters. The Kier molecular flexibility index (Phi) is 10.8. The van der Waals surface area contributed by atoms with Crippen molar-refractivity contribution in [3.8, 4) is 22.9 Å². The molecule has 11 nitrogen and oxygen atoms in total. The number of amides is 1. The van der Waals surface area contributed by atoms with Crippen molar-refractivity contribution in [2.45, 2.75) is 32.1 Å². The van der Waals surface area contributed by atoms with Crippen LogP contribution in [0, 0.1) is 9.54 Å². The quantitative estimate of drug-likeness (QED) is 0.106. The van der Waals surface area contributed by atoms with Crippen LogP contribution < -0.4 is 19.7 Å². The number of phenols is 1. The highest BCUT2D eigenvalue weighted by Crippen LogP contribution is 2.37. The van der Waals surface area contributed by atoms with Crippen LogP contribution in [0.15, 0.2) is 60.7 Å². The fraction of sp³-hybridized carbons (Fsp3) is 0.290. The molecule has 44 heavy (non-hydrogen) atoms. The smallest absolute Gasteiger partial charge is 0.310 e. The first-order valence-corrected chi connectivity index (χ1v) is 14.7. The molecule has 1 heterocycles. The second-order valence-electron chi connectivity index (χ2n) is 10.1. The van der Waals surface area contributed by atoms with E-state index in [9.17, 15) is 19.8 Å². The fourth-order valence-electron chi connectivity index (χ4n) is 4.76. The molecular formula is C31H35N5O6S2. The Balaban J connectivity index is 1.45. The molecule has 3 aromatic carbocycles. The number of aromatic amines is 2. The molecular weight excluding hydrogens is 603 g/mol. The monoisotopic (exact) mass is 637 g/mol. The number of nitrogens with one attached hydrogen (secondary N) is 3. The van der Waals surface area contributed by atoms with Crippen LogP contribution >= 0.6 is 24.4 Å². The topological polar surface area (TPSA) is 145 Å². The van der Waals surface area contributed by atoms with E-state index in [0.717, 1.165) is 16.9 Å². The summed E-state index contributed by atoms with van der Waals surface area (Å²) in [6.45, 7) is 2.81. The molecule has 0 fully saturated rings. The second kappa shape index (κ2) is 14.7. The van der Waals surface area contributed by atoms with Gasteiger partial charge >= 0.3 is 5.97 Å². The number of methoxy groups -OCH3 is 2. The summed E-state index contributed by atoms with van der Waals surface area (Å²) in [6, 6.07) is 18.2. The lowest BCUT2D eigenvalue weighted by atomic mass is 10.0. The van der Waals surface area contributed by atoms with Gasteiger partial charge in [0.1, 0.15) is 0 Å². The maximum Gasteiger partial charge on any atom is 0.310 e. The molecule has 0 radical (unpaired) electrons. The standard InChI is InChI=1S/C31H35N5O6S2/c1-19(29(39)40)21-9-11-23(12-10-21)35(15-13-20-16-25(41-2)28(38)26(17-20)42-3)14-5-8-27(37)32-22-6-4-7-24(18-22)36-30(43)33-34-31(36)44/h4,6-7,9-12,16-19,38H,5,8,13-15H2,1-3H3,(H,32,37)(H,33,43)(H,34,44)(H,39,40). The Bertz CT molecular complexity index is 1680. The van der Waals surface area contributed by atoms with E-state index in [1.165, 1.54) is 14.2 Å². The summed E-state index contributed by atoms with van der Waals surface area (Å²) in [5, 5.41) is 28.2. The van der Waals surface area contributed by atoms with Gasteiger partial charge in [0.2, 0.25) is 11.7 Å². The van der Waals surface area contributed by atoms with Gasteiger partial charge in [0.25, 0.3) is 0 Å². The van der Waals surface area contributed by atoms with E-state index in [4.69, 9.17) is 33.9 Å². The Hall–Kier alpha value is -4.62. The van der Waals surface area contributed by atoms with Gasteiger partial charge in [-0.1, -0.05) is 18.2 Å². The van der Waals surface area contributed by atoms with Crippen LogP contribution in [-0.2, 0) is 16.0 Å². The molecule has 232 valence electrons. The first-order valence-electron chi connectivity index (χ1n) is 13.9. The average Bonchev–Trinajstić information content (AvgIpc) is 3.36. The predicted octanol–water partition coefficient (Wildman–Crippen LogP) is 5.97. The second-order valence-corrected chi connectivity index (χ2v) is 10.9. The summed E-state index contributed by atoms with van der Waals surface area (Å²) < 4.78 is 13.1. The number of hydrogen-bond donors (Lipinski definition) is 5. The Morgan fingerprint density at radius 2 is 1.61 bits per heavy atom. The molecule has 0 aliphatic heterocycles. The third kappa shape index (κ3) is 7.85. The summed E-state index contributed by atoms with van der Waals surface area (Å²) in [4.78, 5) is 26.5. The van der Waals surface area contributed by atoms with Crippen LogP contribution in [0.3, 0.4) is 0 Å². The van der Waals surface area contributed by atoms with E-state index in [-0.39, 0.29) is 18.1 Å². The number of carbonyl (C=O) groups is 2. The van der Waals surface area contributed by atoms with E-state index < -0.39 is 11.9 Å². The summed E-state index contributed by atoms with van der Waals surface area (Å²) in [5.41, 5.74) is 3.86. The number of H-pyrrole nitrogens is 2. The average molecular weight is 638 g/mol. The summed E-state index contributed by atoms with van der Waals surface area (Å²) in [6.07, 6.45) is 1.44. The van der Waals surface area contributed by atoms with Crippen molar-refractivity contribution in [2.75, 3.05) is 37.5 Å². The van der Waals surface area contributed by atoms with Crippen molar-refractivity contribution < 1.29 is 29.3 Å². The number of phenolic OH excluding ortho intramolecular Hbond substituents is 1. The van der Waals surface area contributed by atoms with Crippen molar-refractivity contribution in [2.24, 2.45) is 0 Å². The maximum atomic E-state index is 12.9. The maximum absolute atomic E-state index is 12.9. The molecule has 0 aliphatic rings. The molecule has 1 unspecified atom stereocenters. The number of carboxylic acids is 1. The van der Waals surface area contributed by atoms with Crippen LogP contribution in [0.2, 0.25) is 0 Å². The third-order valence-electron chi connectivity index (χ3n) is 7.24. The van der Waals surface area contributed by atoms with E-state index in [2.05, 4.69) is 20.4 Å². The summed E-state index contributed by atoms with van der Waals surface area (Å²) >= 11 is 10.6. The molecule has 1 aromatic heterocycles. The van der Waals surface area contributed by atoms with Crippen molar-refractivity contribution in [1.82, 2.24) is 14.8 Å². The zero-order chi connectivity index (χ0) is 31.8. The van der Waals surface area contributed by atoms with Gasteiger partial charge in [-0.2, -0.15) is 0 Å². The van der Waals surface area contributed by atoms with E-state index in [0.29, 0.717) is 58.2 Å². The number of benzene rings is 3. The number of carbonyl (C=O) groups excluding carboxylic acids is 1. The SMILES string of the molecule is COc1cc(CCN(CCCC(=O)Nc2cccc(-n3c(=S)[nH][nH]c3=S)c2)c2ccc(C(C)C(=O)O)cc2)cc(OC)c1O. The number of nitrogens with zero attached hydrogens (tertiary/aromatic N) is 2. The van der Waals surface area contributed by atoms with Gasteiger partial charge in [0.15, 0.2) is 21.0 Å². The molecule has 5 N–H and O–H groups in total. The van der Waals surface area contributed by atoms with E-state index >= 15 is 0 Å². The van der Waals surface area contributed by atoms with E-state index in [1.807, 2.05) is 36.4 Å². The number of carboxylic acid groups (broad SMARTS) is 1. The van der Waals surface area contributed by atoms with Gasteiger partial charge < -0.3 is 29.9 Å². The normalized spacial score (nSPS) is 11.5. The van der Waals surface area contributed by atoms with Gasteiger partial charge in [0, 0.05) is 30.9 Å². The zero-order valence-corrected chi connectivity index (χ0v) is 26.3. The van der Waals surface area contributed by atoms with Gasteiger partial charge in [-0.25, -0.2) is 0 Å².